The monoisotopic (exact) mass is 324 g/mol. The SMILES string of the molecule is CCCC[C@@H](CC)CNC(=S)Nc1ccc(OC)c(OC)c1. The standard InChI is InChI=1S/C17H28N2O2S/c1-5-7-8-13(6-2)12-18-17(22)19-14-9-10-15(20-3)16(11-14)21-4/h9-11,13H,5-8,12H2,1-4H3,(H2,18,19,22)/t13-/m1/s1. The van der Waals surface area contributed by atoms with Crippen LogP contribution in [0.15, 0.2) is 18.2 Å². The molecule has 0 radical (unpaired) electrons. The summed E-state index contributed by atoms with van der Waals surface area (Å²) in [4.78, 5) is 0. The number of rotatable bonds is 9. The molecule has 2 N–H and O–H groups in total. The van der Waals surface area contributed by atoms with Crippen LogP contribution < -0.4 is 20.1 Å². The van der Waals surface area contributed by atoms with E-state index < -0.39 is 0 Å². The van der Waals surface area contributed by atoms with Crippen molar-refractivity contribution < 1.29 is 9.47 Å². The van der Waals surface area contributed by atoms with E-state index >= 15 is 0 Å². The van der Waals surface area contributed by atoms with E-state index in [1.54, 1.807) is 14.2 Å². The molecule has 0 saturated heterocycles. The number of anilines is 1. The zero-order valence-electron chi connectivity index (χ0n) is 14.1. The van der Waals surface area contributed by atoms with Gasteiger partial charge in [-0.1, -0.05) is 33.1 Å². The van der Waals surface area contributed by atoms with E-state index in [1.807, 2.05) is 18.2 Å². The molecule has 1 aromatic carbocycles. The summed E-state index contributed by atoms with van der Waals surface area (Å²) in [5.74, 6) is 2.06. The lowest BCUT2D eigenvalue weighted by Gasteiger charge is -2.17. The van der Waals surface area contributed by atoms with Gasteiger partial charge in [0.2, 0.25) is 0 Å². The Morgan fingerprint density at radius 3 is 2.50 bits per heavy atom. The highest BCUT2D eigenvalue weighted by atomic mass is 32.1. The van der Waals surface area contributed by atoms with Gasteiger partial charge >= 0.3 is 0 Å². The molecule has 0 fully saturated rings. The molecule has 124 valence electrons. The Morgan fingerprint density at radius 1 is 1.18 bits per heavy atom. The molecule has 0 aliphatic carbocycles. The van der Waals surface area contributed by atoms with Crippen LogP contribution in [-0.2, 0) is 0 Å². The Balaban J connectivity index is 2.50. The first-order valence-corrected chi connectivity index (χ1v) is 8.32. The Morgan fingerprint density at radius 2 is 1.91 bits per heavy atom. The first-order chi connectivity index (χ1) is 10.6. The average Bonchev–Trinajstić information content (AvgIpc) is 2.54. The van der Waals surface area contributed by atoms with Gasteiger partial charge in [0.15, 0.2) is 16.6 Å². The van der Waals surface area contributed by atoms with Crippen molar-refractivity contribution in [1.82, 2.24) is 5.32 Å². The van der Waals surface area contributed by atoms with Gasteiger partial charge in [0, 0.05) is 18.3 Å². The van der Waals surface area contributed by atoms with Crippen molar-refractivity contribution in [3.63, 3.8) is 0 Å². The van der Waals surface area contributed by atoms with Crippen molar-refractivity contribution in [1.29, 1.82) is 0 Å². The normalized spacial score (nSPS) is 11.6. The second kappa shape index (κ2) is 10.3. The number of hydrogen-bond donors (Lipinski definition) is 2. The van der Waals surface area contributed by atoms with Crippen molar-refractivity contribution in [2.45, 2.75) is 39.5 Å². The maximum Gasteiger partial charge on any atom is 0.170 e. The largest absolute Gasteiger partial charge is 0.493 e. The second-order valence-electron chi connectivity index (χ2n) is 5.32. The number of nitrogens with one attached hydrogen (secondary N) is 2. The molecular weight excluding hydrogens is 296 g/mol. The topological polar surface area (TPSA) is 42.5 Å². The predicted molar refractivity (Wildman–Crippen MR) is 97.1 cm³/mol. The zero-order chi connectivity index (χ0) is 16.4. The summed E-state index contributed by atoms with van der Waals surface area (Å²) < 4.78 is 10.5. The third kappa shape index (κ3) is 6.10. The van der Waals surface area contributed by atoms with Gasteiger partial charge < -0.3 is 20.1 Å². The van der Waals surface area contributed by atoms with E-state index in [9.17, 15) is 0 Å². The fourth-order valence-corrected chi connectivity index (χ4v) is 2.47. The lowest BCUT2D eigenvalue weighted by molar-refractivity contribution is 0.355. The molecule has 0 aliphatic heterocycles. The van der Waals surface area contributed by atoms with Crippen LogP contribution in [-0.4, -0.2) is 25.9 Å². The van der Waals surface area contributed by atoms with E-state index in [0.29, 0.717) is 22.5 Å². The number of benzene rings is 1. The van der Waals surface area contributed by atoms with E-state index in [4.69, 9.17) is 21.7 Å². The molecule has 1 aromatic rings. The summed E-state index contributed by atoms with van der Waals surface area (Å²) in [6.45, 7) is 5.37. The summed E-state index contributed by atoms with van der Waals surface area (Å²) in [5.41, 5.74) is 0.886. The van der Waals surface area contributed by atoms with Crippen molar-refractivity contribution in [3.05, 3.63) is 18.2 Å². The van der Waals surface area contributed by atoms with E-state index in [2.05, 4.69) is 24.5 Å². The smallest absolute Gasteiger partial charge is 0.170 e. The number of ether oxygens (including phenoxy) is 2. The Kier molecular flexibility index (Phi) is 8.67. The number of thiocarbonyl (C=S) groups is 1. The molecule has 0 bridgehead atoms. The highest BCUT2D eigenvalue weighted by Crippen LogP contribution is 2.29. The van der Waals surface area contributed by atoms with Gasteiger partial charge in [0.25, 0.3) is 0 Å². The highest BCUT2D eigenvalue weighted by molar-refractivity contribution is 7.80. The zero-order valence-corrected chi connectivity index (χ0v) is 14.9. The van der Waals surface area contributed by atoms with Crippen LogP contribution in [0, 0.1) is 5.92 Å². The van der Waals surface area contributed by atoms with Crippen molar-refractivity contribution in [2.24, 2.45) is 5.92 Å². The van der Waals surface area contributed by atoms with Crippen molar-refractivity contribution in [2.75, 3.05) is 26.1 Å². The van der Waals surface area contributed by atoms with Crippen LogP contribution in [0.3, 0.4) is 0 Å². The van der Waals surface area contributed by atoms with Gasteiger partial charge in [0.1, 0.15) is 0 Å². The fraction of sp³-hybridized carbons (Fsp3) is 0.588. The lowest BCUT2D eigenvalue weighted by atomic mass is 9.99. The first-order valence-electron chi connectivity index (χ1n) is 7.91. The molecule has 0 aliphatic rings. The number of methoxy groups -OCH3 is 2. The summed E-state index contributed by atoms with van der Waals surface area (Å²) >= 11 is 5.36. The van der Waals surface area contributed by atoms with Crippen LogP contribution in [0.4, 0.5) is 5.69 Å². The minimum Gasteiger partial charge on any atom is -0.493 e. The molecule has 0 heterocycles. The average molecular weight is 324 g/mol. The molecule has 0 saturated carbocycles. The van der Waals surface area contributed by atoms with E-state index in [0.717, 1.165) is 12.2 Å². The minimum absolute atomic E-state index is 0.641. The summed E-state index contributed by atoms with van der Waals surface area (Å²) in [7, 11) is 3.25. The predicted octanol–water partition coefficient (Wildman–Crippen LogP) is 4.21. The Hall–Kier alpha value is -1.49. The van der Waals surface area contributed by atoms with E-state index in [-0.39, 0.29) is 0 Å². The molecule has 0 amide bonds. The van der Waals surface area contributed by atoms with E-state index in [1.165, 1.54) is 25.7 Å². The molecule has 5 heteroatoms. The lowest BCUT2D eigenvalue weighted by Crippen LogP contribution is -2.32. The van der Waals surface area contributed by atoms with Gasteiger partial charge in [-0.3, -0.25) is 0 Å². The third-order valence-electron chi connectivity index (χ3n) is 3.74. The molecular formula is C17H28N2O2S. The summed E-state index contributed by atoms with van der Waals surface area (Å²) in [5, 5.41) is 7.13. The van der Waals surface area contributed by atoms with Crippen molar-refractivity contribution >= 4 is 23.0 Å². The molecule has 1 rings (SSSR count). The summed E-state index contributed by atoms with van der Waals surface area (Å²) in [6, 6.07) is 5.66. The molecule has 0 aromatic heterocycles. The van der Waals surface area contributed by atoms with Gasteiger partial charge in [-0.25, -0.2) is 0 Å². The van der Waals surface area contributed by atoms with Crippen LogP contribution in [0.5, 0.6) is 11.5 Å². The second-order valence-corrected chi connectivity index (χ2v) is 5.73. The summed E-state index contributed by atoms with van der Waals surface area (Å²) in [6.07, 6.45) is 4.94. The van der Waals surface area contributed by atoms with Gasteiger partial charge in [-0.05, 0) is 36.7 Å². The van der Waals surface area contributed by atoms with Crippen molar-refractivity contribution in [3.8, 4) is 11.5 Å². The maximum absolute atomic E-state index is 5.36. The molecule has 1 atom stereocenters. The number of hydrogen-bond acceptors (Lipinski definition) is 3. The molecule has 0 spiro atoms. The molecule has 4 nitrogen and oxygen atoms in total. The number of unbranched alkanes of at least 4 members (excludes halogenated alkanes) is 1. The maximum atomic E-state index is 5.36. The quantitative estimate of drug-likeness (QED) is 0.666. The van der Waals surface area contributed by atoms with Gasteiger partial charge in [-0.15, -0.1) is 0 Å². The van der Waals surface area contributed by atoms with Crippen LogP contribution in [0.25, 0.3) is 0 Å². The van der Waals surface area contributed by atoms with Crippen LogP contribution in [0.1, 0.15) is 39.5 Å². The highest BCUT2D eigenvalue weighted by Gasteiger charge is 2.08. The van der Waals surface area contributed by atoms with Gasteiger partial charge in [-0.2, -0.15) is 0 Å². The third-order valence-corrected chi connectivity index (χ3v) is 3.98. The Labute approximate surface area is 139 Å². The van der Waals surface area contributed by atoms with Crippen LogP contribution in [0.2, 0.25) is 0 Å². The van der Waals surface area contributed by atoms with Gasteiger partial charge in [0.05, 0.1) is 14.2 Å². The van der Waals surface area contributed by atoms with Crippen LogP contribution >= 0.6 is 12.2 Å². The first kappa shape index (κ1) is 18.6. The molecule has 22 heavy (non-hydrogen) atoms. The fourth-order valence-electron chi connectivity index (χ4n) is 2.27. The Bertz CT molecular complexity index is 466. The molecule has 0 unspecified atom stereocenters. The minimum atomic E-state index is 0.641.